The van der Waals surface area contributed by atoms with E-state index < -0.39 is 18.6 Å². The molecule has 68 valence electrons. The van der Waals surface area contributed by atoms with Gasteiger partial charge < -0.3 is 5.11 Å². The summed E-state index contributed by atoms with van der Waals surface area (Å²) in [5.41, 5.74) is 0. The van der Waals surface area contributed by atoms with Crippen molar-refractivity contribution < 1.29 is 18.3 Å². The number of aliphatic hydroxyl groups excluding tert-OH is 1. The van der Waals surface area contributed by atoms with E-state index in [1.165, 1.54) is 0 Å². The van der Waals surface area contributed by atoms with Crippen molar-refractivity contribution in [3.8, 4) is 0 Å². The summed E-state index contributed by atoms with van der Waals surface area (Å²) in [7, 11) is 0. The van der Waals surface area contributed by atoms with Gasteiger partial charge in [-0.15, -0.1) is 5.10 Å². The highest BCUT2D eigenvalue weighted by atomic mass is 19.4. The van der Waals surface area contributed by atoms with Crippen LogP contribution in [-0.4, -0.2) is 31.9 Å². The Morgan fingerprint density at radius 2 is 2.08 bits per heavy atom. The van der Waals surface area contributed by atoms with Crippen molar-refractivity contribution in [2.75, 3.05) is 6.61 Å². The number of tetrazole rings is 1. The second kappa shape index (κ2) is 3.05. The molecule has 5 nitrogen and oxygen atoms in total. The monoisotopic (exact) mass is 182 g/mol. The molecule has 1 aromatic heterocycles. The molecule has 0 radical (unpaired) electrons. The van der Waals surface area contributed by atoms with Crippen LogP contribution in [0.4, 0.5) is 13.2 Å². The van der Waals surface area contributed by atoms with Gasteiger partial charge in [0.15, 0.2) is 0 Å². The summed E-state index contributed by atoms with van der Waals surface area (Å²) in [6, 6.07) is 0. The maximum atomic E-state index is 12.0. The van der Waals surface area contributed by atoms with Crippen LogP contribution in [0.5, 0.6) is 0 Å². The van der Waals surface area contributed by atoms with Crippen molar-refractivity contribution in [1.29, 1.82) is 0 Å². The molecule has 1 heterocycles. The van der Waals surface area contributed by atoms with Gasteiger partial charge in [0.25, 0.3) is 5.82 Å². The van der Waals surface area contributed by atoms with Crippen molar-refractivity contribution in [2.45, 2.75) is 12.7 Å². The number of alkyl halides is 3. The van der Waals surface area contributed by atoms with Crippen molar-refractivity contribution in [1.82, 2.24) is 20.2 Å². The minimum absolute atomic E-state index is 0.262. The van der Waals surface area contributed by atoms with Gasteiger partial charge in [-0.1, -0.05) is 0 Å². The van der Waals surface area contributed by atoms with Crippen LogP contribution >= 0.6 is 0 Å². The van der Waals surface area contributed by atoms with E-state index in [-0.39, 0.29) is 6.54 Å². The molecule has 1 rings (SSSR count). The van der Waals surface area contributed by atoms with E-state index >= 15 is 0 Å². The molecule has 0 fully saturated rings. The minimum Gasteiger partial charge on any atom is -0.394 e. The number of aliphatic hydroxyl groups is 1. The molecule has 0 unspecified atom stereocenters. The lowest BCUT2D eigenvalue weighted by Crippen LogP contribution is -2.17. The number of hydrogen-bond donors (Lipinski definition) is 1. The summed E-state index contributed by atoms with van der Waals surface area (Å²) in [5.74, 6) is -1.20. The van der Waals surface area contributed by atoms with Crippen LogP contribution in [0.3, 0.4) is 0 Å². The molecule has 0 aliphatic carbocycles. The van der Waals surface area contributed by atoms with Crippen LogP contribution in [0, 0.1) is 0 Å². The van der Waals surface area contributed by atoms with Gasteiger partial charge in [0, 0.05) is 0 Å². The second-order valence-corrected chi connectivity index (χ2v) is 1.95. The topological polar surface area (TPSA) is 63.8 Å². The highest BCUT2D eigenvalue weighted by molar-refractivity contribution is 4.86. The normalized spacial score (nSPS) is 12.0. The summed E-state index contributed by atoms with van der Waals surface area (Å²) >= 11 is 0. The van der Waals surface area contributed by atoms with E-state index in [4.69, 9.17) is 5.11 Å². The smallest absolute Gasteiger partial charge is 0.394 e. The van der Waals surface area contributed by atoms with Crippen molar-refractivity contribution >= 4 is 0 Å². The Kier molecular flexibility index (Phi) is 2.27. The van der Waals surface area contributed by atoms with E-state index in [1.54, 1.807) is 0 Å². The van der Waals surface area contributed by atoms with Crippen LogP contribution < -0.4 is 0 Å². The van der Waals surface area contributed by atoms with Crippen LogP contribution in [0.25, 0.3) is 0 Å². The van der Waals surface area contributed by atoms with Crippen LogP contribution in [-0.2, 0) is 12.7 Å². The largest absolute Gasteiger partial charge is 0.453 e. The molecule has 0 atom stereocenters. The van der Waals surface area contributed by atoms with Crippen LogP contribution in [0.2, 0.25) is 0 Å². The molecule has 0 saturated heterocycles. The Balaban J connectivity index is 2.91. The van der Waals surface area contributed by atoms with Gasteiger partial charge in [-0.25, -0.2) is 4.68 Å². The summed E-state index contributed by atoms with van der Waals surface area (Å²) in [5, 5.41) is 17.0. The highest BCUT2D eigenvalue weighted by Gasteiger charge is 2.37. The number of nitrogens with zero attached hydrogens (tertiary/aromatic N) is 4. The summed E-state index contributed by atoms with van der Waals surface area (Å²) in [6.45, 7) is -0.698. The molecule has 0 bridgehead atoms. The zero-order chi connectivity index (χ0) is 9.19. The van der Waals surface area contributed by atoms with Gasteiger partial charge in [-0.05, 0) is 10.4 Å². The van der Waals surface area contributed by atoms with Gasteiger partial charge in [-0.2, -0.15) is 13.2 Å². The number of hydrogen-bond acceptors (Lipinski definition) is 4. The molecule has 0 saturated carbocycles. The fraction of sp³-hybridized carbons (Fsp3) is 0.750. The Labute approximate surface area is 64.8 Å². The fourth-order valence-corrected chi connectivity index (χ4v) is 0.653. The minimum atomic E-state index is -4.57. The number of aromatic nitrogens is 4. The maximum absolute atomic E-state index is 12.0. The van der Waals surface area contributed by atoms with Crippen molar-refractivity contribution in [2.24, 2.45) is 0 Å². The SMILES string of the molecule is OCCn1nnnc1C(F)(F)F. The Bertz CT molecular complexity index is 257. The lowest BCUT2D eigenvalue weighted by atomic mass is 10.5. The number of rotatable bonds is 2. The lowest BCUT2D eigenvalue weighted by Gasteiger charge is -2.04. The lowest BCUT2D eigenvalue weighted by molar-refractivity contribution is -0.148. The van der Waals surface area contributed by atoms with Gasteiger partial charge in [0.05, 0.1) is 13.2 Å². The van der Waals surface area contributed by atoms with E-state index in [2.05, 4.69) is 15.5 Å². The molecule has 0 aromatic carbocycles. The van der Waals surface area contributed by atoms with Gasteiger partial charge >= 0.3 is 6.18 Å². The van der Waals surface area contributed by atoms with E-state index in [0.717, 1.165) is 0 Å². The predicted molar refractivity (Wildman–Crippen MR) is 29.9 cm³/mol. The first kappa shape index (κ1) is 8.91. The zero-order valence-corrected chi connectivity index (χ0v) is 5.78. The molecule has 12 heavy (non-hydrogen) atoms. The third kappa shape index (κ3) is 1.70. The second-order valence-electron chi connectivity index (χ2n) is 1.95. The third-order valence-electron chi connectivity index (χ3n) is 1.10. The zero-order valence-electron chi connectivity index (χ0n) is 5.78. The average Bonchev–Trinajstić information content (AvgIpc) is 2.34. The Morgan fingerprint density at radius 1 is 1.42 bits per heavy atom. The molecule has 0 aliphatic rings. The van der Waals surface area contributed by atoms with Crippen molar-refractivity contribution in [3.05, 3.63) is 5.82 Å². The van der Waals surface area contributed by atoms with Gasteiger partial charge in [-0.3, -0.25) is 0 Å². The maximum Gasteiger partial charge on any atom is 0.453 e. The van der Waals surface area contributed by atoms with E-state index in [9.17, 15) is 13.2 Å². The molecular weight excluding hydrogens is 177 g/mol. The summed E-state index contributed by atoms with van der Waals surface area (Å²) < 4.78 is 36.4. The first-order valence-electron chi connectivity index (χ1n) is 3.00. The third-order valence-corrected chi connectivity index (χ3v) is 1.10. The first-order chi connectivity index (χ1) is 5.55. The first-order valence-corrected chi connectivity index (χ1v) is 3.00. The van der Waals surface area contributed by atoms with E-state index in [1.807, 2.05) is 0 Å². The molecular formula is C4H5F3N4O. The fourth-order valence-electron chi connectivity index (χ4n) is 0.653. The predicted octanol–water partition coefficient (Wildman–Crippen LogP) is -0.316. The molecule has 0 aliphatic heterocycles. The molecule has 8 heteroatoms. The molecule has 0 amide bonds. The Morgan fingerprint density at radius 3 is 2.58 bits per heavy atom. The highest BCUT2D eigenvalue weighted by Crippen LogP contribution is 2.26. The average molecular weight is 182 g/mol. The van der Waals surface area contributed by atoms with Crippen LogP contribution in [0.15, 0.2) is 0 Å². The standard InChI is InChI=1S/C4H5F3N4O/c5-4(6,7)3-8-9-10-11(3)1-2-12/h12H,1-2H2. The van der Waals surface area contributed by atoms with Crippen molar-refractivity contribution in [3.63, 3.8) is 0 Å². The molecule has 1 N–H and O–H groups in total. The van der Waals surface area contributed by atoms with Gasteiger partial charge in [0.1, 0.15) is 0 Å². The van der Waals surface area contributed by atoms with E-state index in [0.29, 0.717) is 4.68 Å². The quantitative estimate of drug-likeness (QED) is 0.681. The number of halogens is 3. The summed E-state index contributed by atoms with van der Waals surface area (Å²) in [4.78, 5) is 0. The van der Waals surface area contributed by atoms with Gasteiger partial charge in [0.2, 0.25) is 0 Å². The molecule has 1 aromatic rings. The molecule has 0 spiro atoms. The van der Waals surface area contributed by atoms with Crippen LogP contribution in [0.1, 0.15) is 5.82 Å². The summed E-state index contributed by atoms with van der Waals surface area (Å²) in [6.07, 6.45) is -4.57. The Hall–Kier alpha value is -1.18.